The Morgan fingerprint density at radius 2 is 1.63 bits per heavy atom. The molecule has 2 aliphatic heterocycles. The van der Waals surface area contributed by atoms with Crippen molar-refractivity contribution in [3.8, 4) is 28.4 Å². The van der Waals surface area contributed by atoms with Gasteiger partial charge in [-0.1, -0.05) is 6.07 Å². The average molecular weight is 560 g/mol. The summed E-state index contributed by atoms with van der Waals surface area (Å²) in [6.07, 6.45) is 3.98. The Kier molecular flexibility index (Phi) is 7.52. The van der Waals surface area contributed by atoms with Crippen LogP contribution >= 0.6 is 43.6 Å². The number of rotatable bonds is 7. The van der Waals surface area contributed by atoms with E-state index in [1.807, 2.05) is 18.2 Å². The SMILES string of the molecule is COc1ccc(-c2cc(SC)c(OC3CCOC3)c(Br)c2Br)cc1OC1CCOC1. The summed E-state index contributed by atoms with van der Waals surface area (Å²) in [5.74, 6) is 2.29. The molecule has 0 saturated carbocycles. The first kappa shape index (κ1) is 22.3. The molecule has 2 heterocycles. The van der Waals surface area contributed by atoms with Crippen LogP contribution in [0.4, 0.5) is 0 Å². The van der Waals surface area contributed by atoms with Crippen molar-refractivity contribution in [3.63, 3.8) is 0 Å². The van der Waals surface area contributed by atoms with Crippen LogP contribution in [0.1, 0.15) is 12.8 Å². The summed E-state index contributed by atoms with van der Waals surface area (Å²) in [5.41, 5.74) is 2.08. The van der Waals surface area contributed by atoms with E-state index in [-0.39, 0.29) is 12.2 Å². The van der Waals surface area contributed by atoms with Crippen LogP contribution in [0.25, 0.3) is 11.1 Å². The Hall–Kier alpha value is -0.930. The lowest BCUT2D eigenvalue weighted by molar-refractivity contribution is 0.138. The first-order valence-electron chi connectivity index (χ1n) is 9.84. The molecule has 2 aliphatic rings. The fraction of sp³-hybridized carbons (Fsp3) is 0.455. The largest absolute Gasteiger partial charge is 0.493 e. The van der Waals surface area contributed by atoms with Crippen LogP contribution < -0.4 is 14.2 Å². The number of hydrogen-bond acceptors (Lipinski definition) is 6. The lowest BCUT2D eigenvalue weighted by atomic mass is 10.0. The van der Waals surface area contributed by atoms with Gasteiger partial charge in [0.15, 0.2) is 11.5 Å². The van der Waals surface area contributed by atoms with Gasteiger partial charge in [0.25, 0.3) is 0 Å². The maximum Gasteiger partial charge on any atom is 0.162 e. The third-order valence-corrected chi connectivity index (χ3v) is 8.03. The van der Waals surface area contributed by atoms with E-state index in [1.54, 1.807) is 18.9 Å². The zero-order valence-corrected chi connectivity index (χ0v) is 20.9. The molecule has 5 nitrogen and oxygen atoms in total. The van der Waals surface area contributed by atoms with E-state index >= 15 is 0 Å². The molecule has 2 fully saturated rings. The van der Waals surface area contributed by atoms with Gasteiger partial charge in [-0.05, 0) is 67.4 Å². The normalized spacial score (nSPS) is 21.1. The smallest absolute Gasteiger partial charge is 0.162 e. The zero-order valence-electron chi connectivity index (χ0n) is 16.9. The molecule has 2 unspecified atom stereocenters. The van der Waals surface area contributed by atoms with Gasteiger partial charge in [0.1, 0.15) is 18.0 Å². The molecule has 0 aromatic heterocycles. The summed E-state index contributed by atoms with van der Waals surface area (Å²) in [7, 11) is 1.66. The van der Waals surface area contributed by atoms with E-state index in [2.05, 4.69) is 44.2 Å². The molecule has 0 spiro atoms. The maximum absolute atomic E-state index is 6.27. The van der Waals surface area contributed by atoms with Gasteiger partial charge in [0.2, 0.25) is 0 Å². The van der Waals surface area contributed by atoms with E-state index in [9.17, 15) is 0 Å². The van der Waals surface area contributed by atoms with E-state index < -0.39 is 0 Å². The Morgan fingerprint density at radius 1 is 0.933 bits per heavy atom. The number of benzene rings is 2. The molecule has 2 atom stereocenters. The molecule has 2 aromatic rings. The number of halogens is 2. The van der Waals surface area contributed by atoms with Crippen LogP contribution in [-0.4, -0.2) is 52.0 Å². The highest BCUT2D eigenvalue weighted by atomic mass is 79.9. The van der Waals surface area contributed by atoms with Gasteiger partial charge >= 0.3 is 0 Å². The molecule has 4 rings (SSSR count). The van der Waals surface area contributed by atoms with Crippen LogP contribution in [0.15, 0.2) is 38.1 Å². The summed E-state index contributed by atoms with van der Waals surface area (Å²) in [5, 5.41) is 0. The van der Waals surface area contributed by atoms with E-state index in [1.165, 1.54) is 0 Å². The summed E-state index contributed by atoms with van der Waals surface area (Å²) in [6, 6.07) is 8.16. The summed E-state index contributed by atoms with van der Waals surface area (Å²) in [6.45, 7) is 2.71. The summed E-state index contributed by atoms with van der Waals surface area (Å²) < 4.78 is 30.7. The molecule has 30 heavy (non-hydrogen) atoms. The second-order valence-corrected chi connectivity index (χ2v) is 9.59. The third-order valence-electron chi connectivity index (χ3n) is 5.18. The van der Waals surface area contributed by atoms with Gasteiger partial charge in [-0.2, -0.15) is 0 Å². The molecule has 0 bridgehead atoms. The van der Waals surface area contributed by atoms with Gasteiger partial charge < -0.3 is 23.7 Å². The molecule has 2 aromatic carbocycles. The van der Waals surface area contributed by atoms with Gasteiger partial charge in [-0.15, -0.1) is 11.8 Å². The minimum Gasteiger partial charge on any atom is -0.493 e. The Morgan fingerprint density at radius 3 is 2.23 bits per heavy atom. The Balaban J connectivity index is 1.69. The van der Waals surface area contributed by atoms with Gasteiger partial charge in [0, 0.05) is 17.3 Å². The fourth-order valence-electron chi connectivity index (χ4n) is 3.55. The van der Waals surface area contributed by atoms with Crippen LogP contribution in [0.5, 0.6) is 17.2 Å². The predicted octanol–water partition coefficient (Wildman–Crippen LogP) is 5.94. The molecule has 0 N–H and O–H groups in total. The van der Waals surface area contributed by atoms with Crippen molar-refractivity contribution in [2.24, 2.45) is 0 Å². The van der Waals surface area contributed by atoms with Crippen molar-refractivity contribution in [3.05, 3.63) is 33.2 Å². The van der Waals surface area contributed by atoms with E-state index in [0.717, 1.165) is 62.5 Å². The lowest BCUT2D eigenvalue weighted by Gasteiger charge is -2.20. The van der Waals surface area contributed by atoms with Crippen LogP contribution in [0.3, 0.4) is 0 Å². The average Bonchev–Trinajstić information content (AvgIpc) is 3.46. The van der Waals surface area contributed by atoms with Crippen molar-refractivity contribution in [2.75, 3.05) is 39.8 Å². The highest BCUT2D eigenvalue weighted by Gasteiger charge is 2.24. The quantitative estimate of drug-likeness (QED) is 0.391. The molecule has 0 radical (unpaired) electrons. The number of hydrogen-bond donors (Lipinski definition) is 0. The van der Waals surface area contributed by atoms with Crippen LogP contribution in [-0.2, 0) is 9.47 Å². The summed E-state index contributed by atoms with van der Waals surface area (Å²) >= 11 is 9.18. The predicted molar refractivity (Wildman–Crippen MR) is 125 cm³/mol. The van der Waals surface area contributed by atoms with Gasteiger partial charge in [-0.25, -0.2) is 0 Å². The number of thioether (sulfide) groups is 1. The minimum absolute atomic E-state index is 0.0514. The lowest BCUT2D eigenvalue weighted by Crippen LogP contribution is -2.16. The summed E-state index contributed by atoms with van der Waals surface area (Å²) in [4.78, 5) is 1.06. The Labute approximate surface area is 198 Å². The third kappa shape index (κ3) is 4.78. The van der Waals surface area contributed by atoms with Crippen molar-refractivity contribution in [2.45, 2.75) is 29.9 Å². The molecule has 2 saturated heterocycles. The first-order chi connectivity index (χ1) is 14.6. The van der Waals surface area contributed by atoms with Crippen molar-refractivity contribution in [1.82, 2.24) is 0 Å². The molecule has 162 valence electrons. The second kappa shape index (κ2) is 10.1. The molecular weight excluding hydrogens is 536 g/mol. The monoisotopic (exact) mass is 558 g/mol. The molecule has 0 aliphatic carbocycles. The molecule has 8 heteroatoms. The minimum atomic E-state index is 0.0514. The van der Waals surface area contributed by atoms with Crippen LogP contribution in [0.2, 0.25) is 0 Å². The molecule has 0 amide bonds. The fourth-order valence-corrected chi connectivity index (χ4v) is 5.30. The first-order valence-corrected chi connectivity index (χ1v) is 12.6. The maximum atomic E-state index is 6.27. The molecular formula is C22H24Br2O5S. The van der Waals surface area contributed by atoms with Crippen molar-refractivity contribution < 1.29 is 23.7 Å². The van der Waals surface area contributed by atoms with Crippen LogP contribution in [0, 0.1) is 0 Å². The highest BCUT2D eigenvalue weighted by molar-refractivity contribution is 9.13. The highest BCUT2D eigenvalue weighted by Crippen LogP contribution is 2.47. The standard InChI is InChI=1S/C22H24Br2O5S/c1-25-17-4-3-13(9-18(17)28-14-5-7-26-11-14)16-10-19(30-2)22(21(24)20(16)23)29-15-6-8-27-12-15/h3-4,9-10,14-15H,5-8,11-12H2,1-2H3. The van der Waals surface area contributed by atoms with E-state index in [4.69, 9.17) is 23.7 Å². The van der Waals surface area contributed by atoms with E-state index in [0.29, 0.717) is 19.0 Å². The second-order valence-electron chi connectivity index (χ2n) is 7.16. The van der Waals surface area contributed by atoms with Gasteiger partial charge in [-0.3, -0.25) is 0 Å². The topological polar surface area (TPSA) is 46.2 Å². The Bertz CT molecular complexity index is 896. The number of ether oxygens (including phenoxy) is 5. The van der Waals surface area contributed by atoms with Crippen molar-refractivity contribution >= 4 is 43.6 Å². The van der Waals surface area contributed by atoms with Gasteiger partial charge in [0.05, 0.1) is 42.9 Å². The van der Waals surface area contributed by atoms with Crippen molar-refractivity contribution in [1.29, 1.82) is 0 Å². The number of methoxy groups -OCH3 is 1. The zero-order chi connectivity index (χ0) is 21.1.